The van der Waals surface area contributed by atoms with E-state index < -0.39 is 11.6 Å². The van der Waals surface area contributed by atoms with Gasteiger partial charge in [0.05, 0.1) is 13.0 Å². The van der Waals surface area contributed by atoms with Crippen LogP contribution in [0.3, 0.4) is 0 Å². The number of ether oxygens (including phenoxy) is 1. The number of fused-ring (bicyclic) bond motifs is 1. The van der Waals surface area contributed by atoms with Crippen LogP contribution < -0.4 is 10.3 Å². The third-order valence-corrected chi connectivity index (χ3v) is 4.05. The number of nitrogens with zero attached hydrogens (tertiary/aromatic N) is 1. The number of aromatic amines is 1. The number of nitrogens with one attached hydrogen (secondary N) is 1. The fourth-order valence-corrected chi connectivity index (χ4v) is 2.98. The number of aromatic nitrogens is 1. The molecule has 0 unspecified atom stereocenters. The van der Waals surface area contributed by atoms with Crippen LogP contribution in [0.25, 0.3) is 0 Å². The molecule has 0 radical (unpaired) electrons. The summed E-state index contributed by atoms with van der Waals surface area (Å²) in [5.41, 5.74) is 1.43. The lowest BCUT2D eigenvalue weighted by Crippen LogP contribution is -2.41. The van der Waals surface area contributed by atoms with E-state index >= 15 is 0 Å². The second-order valence-electron chi connectivity index (χ2n) is 5.57. The molecular weight excluding hydrogens is 312 g/mol. The fraction of sp³-hybridized carbons (Fsp3) is 0.353. The molecule has 0 spiro atoms. The first-order valence-electron chi connectivity index (χ1n) is 7.80. The number of aldehydes is 1. The van der Waals surface area contributed by atoms with Crippen molar-refractivity contribution in [3.8, 4) is 5.75 Å². The van der Waals surface area contributed by atoms with Crippen LogP contribution in [0.15, 0.2) is 33.6 Å². The molecule has 7 nitrogen and oxygen atoms in total. The number of hydrogen-bond acceptors (Lipinski definition) is 5. The zero-order valence-corrected chi connectivity index (χ0v) is 13.3. The van der Waals surface area contributed by atoms with Gasteiger partial charge in [-0.3, -0.25) is 9.59 Å². The number of amides is 1. The normalized spacial score (nSPS) is 16.5. The molecule has 0 saturated carbocycles. The SMILES string of the molecule is CCOc1ccc2c(c1)CCN(C(=O)Cc1cc(=O)[nH]o1)[C@H]2C=O. The molecule has 1 aromatic heterocycles. The average molecular weight is 330 g/mol. The zero-order valence-electron chi connectivity index (χ0n) is 13.3. The second kappa shape index (κ2) is 6.74. The molecule has 1 amide bonds. The third-order valence-electron chi connectivity index (χ3n) is 4.05. The monoisotopic (exact) mass is 330 g/mol. The lowest BCUT2D eigenvalue weighted by molar-refractivity contribution is -0.136. The Morgan fingerprint density at radius 2 is 2.29 bits per heavy atom. The molecule has 1 N–H and O–H groups in total. The van der Waals surface area contributed by atoms with Gasteiger partial charge in [0.2, 0.25) is 5.91 Å². The van der Waals surface area contributed by atoms with Gasteiger partial charge in [0.25, 0.3) is 5.56 Å². The molecule has 0 saturated heterocycles. The molecule has 24 heavy (non-hydrogen) atoms. The molecule has 1 aliphatic rings. The first-order valence-corrected chi connectivity index (χ1v) is 7.80. The maximum atomic E-state index is 12.5. The Morgan fingerprint density at radius 3 is 2.96 bits per heavy atom. The number of hydrogen-bond donors (Lipinski definition) is 1. The molecular formula is C17H18N2O5. The maximum Gasteiger partial charge on any atom is 0.280 e. The van der Waals surface area contributed by atoms with Gasteiger partial charge in [-0.1, -0.05) is 6.07 Å². The maximum absolute atomic E-state index is 12.5. The Balaban J connectivity index is 1.82. The number of benzene rings is 1. The Bertz CT molecular complexity index is 807. The van der Waals surface area contributed by atoms with Crippen LogP contribution in [0, 0.1) is 0 Å². The second-order valence-corrected chi connectivity index (χ2v) is 5.57. The van der Waals surface area contributed by atoms with Crippen molar-refractivity contribution in [1.82, 2.24) is 10.1 Å². The fourth-order valence-electron chi connectivity index (χ4n) is 2.98. The van der Waals surface area contributed by atoms with Crippen LogP contribution in [-0.4, -0.2) is 35.4 Å². The van der Waals surface area contributed by atoms with Crippen molar-refractivity contribution in [3.05, 3.63) is 51.5 Å². The van der Waals surface area contributed by atoms with E-state index in [0.29, 0.717) is 19.6 Å². The van der Waals surface area contributed by atoms with Crippen LogP contribution in [0.2, 0.25) is 0 Å². The highest BCUT2D eigenvalue weighted by Crippen LogP contribution is 2.31. The zero-order chi connectivity index (χ0) is 17.1. The molecule has 0 fully saturated rings. The van der Waals surface area contributed by atoms with Crippen LogP contribution in [0.1, 0.15) is 29.9 Å². The summed E-state index contributed by atoms with van der Waals surface area (Å²) in [4.78, 5) is 36.7. The molecule has 0 aliphatic carbocycles. The van der Waals surface area contributed by atoms with E-state index in [1.165, 1.54) is 11.0 Å². The van der Waals surface area contributed by atoms with Gasteiger partial charge in [-0.2, -0.15) is 5.16 Å². The molecule has 2 heterocycles. The highest BCUT2D eigenvalue weighted by Gasteiger charge is 2.31. The number of rotatable bonds is 5. The first kappa shape index (κ1) is 16.0. The molecule has 1 atom stereocenters. The quantitative estimate of drug-likeness (QED) is 0.833. The third kappa shape index (κ3) is 3.10. The highest BCUT2D eigenvalue weighted by molar-refractivity contribution is 5.82. The van der Waals surface area contributed by atoms with Crippen molar-refractivity contribution in [2.45, 2.75) is 25.8 Å². The minimum Gasteiger partial charge on any atom is -0.494 e. The number of H-pyrrole nitrogens is 1. The summed E-state index contributed by atoms with van der Waals surface area (Å²) in [6, 6.07) is 6.15. The minimum absolute atomic E-state index is 0.0601. The summed E-state index contributed by atoms with van der Waals surface area (Å²) in [7, 11) is 0. The summed E-state index contributed by atoms with van der Waals surface area (Å²) in [5.74, 6) is 0.760. The average Bonchev–Trinajstić information content (AvgIpc) is 2.98. The predicted molar refractivity (Wildman–Crippen MR) is 84.9 cm³/mol. The Morgan fingerprint density at radius 1 is 1.46 bits per heavy atom. The molecule has 126 valence electrons. The topological polar surface area (TPSA) is 92.6 Å². The van der Waals surface area contributed by atoms with Crippen molar-refractivity contribution >= 4 is 12.2 Å². The Labute approximate surface area is 138 Å². The molecule has 3 rings (SSSR count). The predicted octanol–water partition coefficient (Wildman–Crippen LogP) is 1.23. The highest BCUT2D eigenvalue weighted by atomic mass is 16.5. The van der Waals surface area contributed by atoms with E-state index in [1.807, 2.05) is 19.1 Å². The van der Waals surface area contributed by atoms with Gasteiger partial charge >= 0.3 is 0 Å². The van der Waals surface area contributed by atoms with E-state index in [2.05, 4.69) is 5.16 Å². The van der Waals surface area contributed by atoms with Gasteiger partial charge in [-0.15, -0.1) is 0 Å². The van der Waals surface area contributed by atoms with Crippen molar-refractivity contribution in [1.29, 1.82) is 0 Å². The molecule has 0 bridgehead atoms. The van der Waals surface area contributed by atoms with Crippen molar-refractivity contribution in [2.75, 3.05) is 13.2 Å². The minimum atomic E-state index is -0.636. The van der Waals surface area contributed by atoms with Crippen LogP contribution in [0.4, 0.5) is 0 Å². The van der Waals surface area contributed by atoms with E-state index in [0.717, 1.165) is 23.2 Å². The summed E-state index contributed by atoms with van der Waals surface area (Å²) >= 11 is 0. The Hall–Kier alpha value is -2.83. The summed E-state index contributed by atoms with van der Waals surface area (Å²) in [6.07, 6.45) is 1.35. The van der Waals surface area contributed by atoms with Crippen molar-refractivity contribution < 1.29 is 18.8 Å². The number of carbonyl (C=O) groups is 2. The standard InChI is InChI=1S/C17H18N2O5/c1-2-23-12-3-4-14-11(7-12)5-6-19(15(14)10-20)17(22)9-13-8-16(21)18-24-13/h3-4,7-8,10,15H,2,5-6,9H2,1H3,(H,18,21)/t15-/m0/s1. The van der Waals surface area contributed by atoms with Gasteiger partial charge < -0.3 is 19.0 Å². The largest absolute Gasteiger partial charge is 0.494 e. The van der Waals surface area contributed by atoms with Gasteiger partial charge in [0.15, 0.2) is 0 Å². The van der Waals surface area contributed by atoms with Gasteiger partial charge in [0, 0.05) is 12.6 Å². The van der Waals surface area contributed by atoms with Crippen LogP contribution >= 0.6 is 0 Å². The summed E-state index contributed by atoms with van der Waals surface area (Å²) in [5, 5.41) is 2.15. The van der Waals surface area contributed by atoms with Crippen molar-refractivity contribution in [3.63, 3.8) is 0 Å². The molecule has 1 aliphatic heterocycles. The Kier molecular flexibility index (Phi) is 4.50. The van der Waals surface area contributed by atoms with Gasteiger partial charge in [-0.05, 0) is 36.6 Å². The van der Waals surface area contributed by atoms with Crippen LogP contribution in [0.5, 0.6) is 5.75 Å². The van der Waals surface area contributed by atoms with Crippen LogP contribution in [-0.2, 0) is 22.4 Å². The first-order chi connectivity index (χ1) is 11.6. The lowest BCUT2D eigenvalue weighted by Gasteiger charge is -2.34. The van der Waals surface area contributed by atoms with E-state index in [4.69, 9.17) is 9.26 Å². The lowest BCUT2D eigenvalue weighted by atomic mass is 9.92. The smallest absolute Gasteiger partial charge is 0.280 e. The summed E-state index contributed by atoms with van der Waals surface area (Å²) < 4.78 is 10.4. The van der Waals surface area contributed by atoms with Crippen molar-refractivity contribution in [2.24, 2.45) is 0 Å². The van der Waals surface area contributed by atoms with E-state index in [9.17, 15) is 14.4 Å². The number of carbonyl (C=O) groups excluding carboxylic acids is 2. The summed E-state index contributed by atoms with van der Waals surface area (Å²) in [6.45, 7) is 2.91. The van der Waals surface area contributed by atoms with Gasteiger partial charge in [0.1, 0.15) is 23.8 Å². The van der Waals surface area contributed by atoms with Gasteiger partial charge in [-0.25, -0.2) is 0 Å². The molecule has 1 aromatic carbocycles. The molecule has 2 aromatic rings. The van der Waals surface area contributed by atoms with E-state index in [-0.39, 0.29) is 18.1 Å². The van der Waals surface area contributed by atoms with E-state index in [1.54, 1.807) is 6.07 Å². The molecule has 7 heteroatoms.